The van der Waals surface area contributed by atoms with Crippen LogP contribution in [0.5, 0.6) is 0 Å². The Balaban J connectivity index is 2.43. The zero-order chi connectivity index (χ0) is 12.3. The third kappa shape index (κ3) is 6.48. The van der Waals surface area contributed by atoms with E-state index in [0.29, 0.717) is 13.1 Å². The summed E-state index contributed by atoms with van der Waals surface area (Å²) in [7, 11) is 0. The summed E-state index contributed by atoms with van der Waals surface area (Å²) < 4.78 is 0. The minimum Gasteiger partial charge on any atom is -0.314 e. The van der Waals surface area contributed by atoms with Gasteiger partial charge in [-0.3, -0.25) is 9.80 Å². The molecule has 0 aromatic heterocycles. The van der Waals surface area contributed by atoms with Gasteiger partial charge in [-0.15, -0.1) is 0 Å². The van der Waals surface area contributed by atoms with E-state index in [1.165, 1.54) is 0 Å². The predicted octanol–water partition coefficient (Wildman–Crippen LogP) is -1.86. The molecule has 1 rings (SSSR count). The molecule has 0 atom stereocenters. The summed E-state index contributed by atoms with van der Waals surface area (Å²) in [6.45, 7) is 6.80. The molecule has 0 unspecified atom stereocenters. The van der Waals surface area contributed by atoms with Gasteiger partial charge in [0.1, 0.15) is 12.6 Å². The van der Waals surface area contributed by atoms with E-state index in [2.05, 4.69) is 20.4 Å². The highest BCUT2D eigenvalue weighted by Crippen LogP contribution is 1.91. The van der Waals surface area contributed by atoms with Crippen LogP contribution in [0.3, 0.4) is 0 Å². The molecule has 0 spiro atoms. The number of nitrogens with zero attached hydrogens (tertiary/aromatic N) is 2. The van der Waals surface area contributed by atoms with Crippen LogP contribution in [0.15, 0.2) is 0 Å². The van der Waals surface area contributed by atoms with Crippen molar-refractivity contribution in [3.05, 3.63) is 0 Å². The van der Waals surface area contributed by atoms with Gasteiger partial charge < -0.3 is 20.2 Å². The normalized spacial score (nSPS) is 21.6. The lowest BCUT2D eigenvalue weighted by atomic mass is 10.4. The summed E-state index contributed by atoms with van der Waals surface area (Å²) in [6.07, 6.45) is 1.85. The summed E-state index contributed by atoms with van der Waals surface area (Å²) in [5.41, 5.74) is 0. The second-order valence-corrected chi connectivity index (χ2v) is 4.12. The van der Waals surface area contributed by atoms with Crippen LogP contribution in [0.2, 0.25) is 0 Å². The van der Waals surface area contributed by atoms with Gasteiger partial charge in [0.2, 0.25) is 0 Å². The lowest BCUT2D eigenvalue weighted by Gasteiger charge is -2.24. The van der Waals surface area contributed by atoms with Crippen molar-refractivity contribution in [1.29, 1.82) is 0 Å². The van der Waals surface area contributed by atoms with Crippen molar-refractivity contribution in [2.24, 2.45) is 0 Å². The Labute approximate surface area is 102 Å². The molecular weight excluding hydrogens is 220 g/mol. The van der Waals surface area contributed by atoms with E-state index < -0.39 is 0 Å². The molecule has 17 heavy (non-hydrogen) atoms. The maximum absolute atomic E-state index is 10.6. The summed E-state index contributed by atoms with van der Waals surface area (Å²) in [5, 5.41) is 6.59. The highest BCUT2D eigenvalue weighted by molar-refractivity contribution is 5.52. The minimum absolute atomic E-state index is 0.440. The first-order valence-electron chi connectivity index (χ1n) is 6.10. The number of carbonyl (C=O) groups excluding carboxylic acids is 2. The number of nitrogens with one attached hydrogen (secondary N) is 2. The summed E-state index contributed by atoms with van der Waals surface area (Å²) in [4.78, 5) is 25.3. The fraction of sp³-hybridized carbons (Fsp3) is 0.818. The van der Waals surface area contributed by atoms with Crippen molar-refractivity contribution >= 4 is 12.6 Å². The fourth-order valence-electron chi connectivity index (χ4n) is 1.80. The Hall–Kier alpha value is -0.820. The Morgan fingerprint density at radius 1 is 0.824 bits per heavy atom. The molecule has 0 aromatic rings. The minimum atomic E-state index is 0.440. The number of aldehydes is 2. The van der Waals surface area contributed by atoms with E-state index >= 15 is 0 Å². The average Bonchev–Trinajstić information content (AvgIpc) is 2.37. The summed E-state index contributed by atoms with van der Waals surface area (Å²) in [6, 6.07) is 0. The quantitative estimate of drug-likeness (QED) is 0.564. The van der Waals surface area contributed by atoms with Crippen LogP contribution in [-0.4, -0.2) is 81.4 Å². The highest BCUT2D eigenvalue weighted by Gasteiger charge is 2.09. The third-order valence-electron chi connectivity index (χ3n) is 2.82. The lowest BCUT2D eigenvalue weighted by Crippen LogP contribution is -2.41. The fourth-order valence-corrected chi connectivity index (χ4v) is 1.80. The van der Waals surface area contributed by atoms with Gasteiger partial charge >= 0.3 is 0 Å². The van der Waals surface area contributed by atoms with E-state index in [9.17, 15) is 9.59 Å². The smallest absolute Gasteiger partial charge is 0.134 e. The molecule has 1 fully saturated rings. The van der Waals surface area contributed by atoms with Crippen LogP contribution in [0.1, 0.15) is 0 Å². The SMILES string of the molecule is O=CCN1CCNCCNCN(CC=O)CC1. The second kappa shape index (κ2) is 9.23. The molecule has 98 valence electrons. The largest absolute Gasteiger partial charge is 0.314 e. The number of hydrogen-bond acceptors (Lipinski definition) is 6. The molecule has 0 saturated carbocycles. The van der Waals surface area contributed by atoms with Crippen LogP contribution < -0.4 is 10.6 Å². The van der Waals surface area contributed by atoms with Gasteiger partial charge in [-0.25, -0.2) is 0 Å². The van der Waals surface area contributed by atoms with Gasteiger partial charge in [-0.1, -0.05) is 0 Å². The van der Waals surface area contributed by atoms with E-state index in [1.54, 1.807) is 0 Å². The number of rotatable bonds is 4. The van der Waals surface area contributed by atoms with Gasteiger partial charge in [0.05, 0.1) is 13.1 Å². The highest BCUT2D eigenvalue weighted by atomic mass is 16.1. The average molecular weight is 242 g/mol. The van der Waals surface area contributed by atoms with Crippen LogP contribution in [-0.2, 0) is 9.59 Å². The van der Waals surface area contributed by atoms with E-state index in [0.717, 1.165) is 58.5 Å². The van der Waals surface area contributed by atoms with Gasteiger partial charge in [-0.05, 0) is 0 Å². The molecule has 1 aliphatic rings. The van der Waals surface area contributed by atoms with E-state index in [-0.39, 0.29) is 0 Å². The van der Waals surface area contributed by atoms with Crippen molar-refractivity contribution in [3.8, 4) is 0 Å². The topological polar surface area (TPSA) is 64.7 Å². The van der Waals surface area contributed by atoms with Gasteiger partial charge in [0, 0.05) is 45.9 Å². The van der Waals surface area contributed by atoms with Crippen LogP contribution in [0.25, 0.3) is 0 Å². The number of carbonyl (C=O) groups is 2. The maximum atomic E-state index is 10.6. The molecule has 0 radical (unpaired) electrons. The second-order valence-electron chi connectivity index (χ2n) is 4.12. The lowest BCUT2D eigenvalue weighted by molar-refractivity contribution is -0.110. The van der Waals surface area contributed by atoms with Crippen LogP contribution in [0.4, 0.5) is 0 Å². The molecule has 1 heterocycles. The molecule has 6 nitrogen and oxygen atoms in total. The molecule has 0 amide bonds. The third-order valence-corrected chi connectivity index (χ3v) is 2.82. The van der Waals surface area contributed by atoms with Crippen molar-refractivity contribution < 1.29 is 9.59 Å². The van der Waals surface area contributed by atoms with Gasteiger partial charge in [-0.2, -0.15) is 0 Å². The monoisotopic (exact) mass is 242 g/mol. The van der Waals surface area contributed by atoms with Gasteiger partial charge in [0.15, 0.2) is 0 Å². The Morgan fingerprint density at radius 2 is 1.47 bits per heavy atom. The molecule has 1 saturated heterocycles. The first kappa shape index (κ1) is 14.2. The van der Waals surface area contributed by atoms with Crippen LogP contribution in [0, 0.1) is 0 Å². The number of hydrogen-bond donors (Lipinski definition) is 2. The van der Waals surface area contributed by atoms with E-state index in [1.807, 2.05) is 0 Å². The Morgan fingerprint density at radius 3 is 2.24 bits per heavy atom. The molecular formula is C11H22N4O2. The zero-order valence-corrected chi connectivity index (χ0v) is 10.2. The maximum Gasteiger partial charge on any atom is 0.134 e. The molecule has 1 aliphatic heterocycles. The molecule has 0 aromatic carbocycles. The first-order chi connectivity index (χ1) is 8.36. The Kier molecular flexibility index (Phi) is 7.74. The summed E-state index contributed by atoms with van der Waals surface area (Å²) in [5.74, 6) is 0. The molecule has 2 N–H and O–H groups in total. The van der Waals surface area contributed by atoms with E-state index in [4.69, 9.17) is 0 Å². The standard InChI is InChI=1S/C11H22N4O2/c16-9-7-14-4-3-12-1-2-13-11-15(6-5-14)8-10-17/h9-10,12-13H,1-8,11H2. The van der Waals surface area contributed by atoms with Crippen LogP contribution >= 0.6 is 0 Å². The van der Waals surface area contributed by atoms with Crippen molar-refractivity contribution in [3.63, 3.8) is 0 Å². The summed E-state index contributed by atoms with van der Waals surface area (Å²) >= 11 is 0. The molecule has 0 aliphatic carbocycles. The first-order valence-corrected chi connectivity index (χ1v) is 6.10. The van der Waals surface area contributed by atoms with Gasteiger partial charge in [0.25, 0.3) is 0 Å². The van der Waals surface area contributed by atoms with Crippen molar-refractivity contribution in [2.75, 3.05) is 59.0 Å². The molecule has 0 bridgehead atoms. The predicted molar refractivity (Wildman–Crippen MR) is 65.9 cm³/mol. The van der Waals surface area contributed by atoms with Crippen molar-refractivity contribution in [2.45, 2.75) is 0 Å². The Bertz CT molecular complexity index is 204. The molecule has 6 heteroatoms. The zero-order valence-electron chi connectivity index (χ0n) is 10.2. The van der Waals surface area contributed by atoms with Crippen molar-refractivity contribution in [1.82, 2.24) is 20.4 Å².